The molecule has 1 atom stereocenters. The van der Waals surface area contributed by atoms with Crippen molar-refractivity contribution in [2.45, 2.75) is 19.1 Å². The molecule has 1 amide bonds. The van der Waals surface area contributed by atoms with E-state index in [1.165, 1.54) is 13.0 Å². The number of hydrogen-bond acceptors (Lipinski definition) is 4. The van der Waals surface area contributed by atoms with Crippen molar-refractivity contribution in [3.8, 4) is 0 Å². The predicted molar refractivity (Wildman–Crippen MR) is 93.6 cm³/mol. The van der Waals surface area contributed by atoms with Crippen LogP contribution in [0.15, 0.2) is 47.3 Å². The summed E-state index contributed by atoms with van der Waals surface area (Å²) in [6.45, 7) is 1.38. The Morgan fingerprint density at radius 3 is 2.63 bits per heavy atom. The van der Waals surface area contributed by atoms with Crippen LogP contribution in [0.25, 0.3) is 10.9 Å². The van der Waals surface area contributed by atoms with Gasteiger partial charge in [0.25, 0.3) is 5.56 Å². The zero-order chi connectivity index (χ0) is 19.8. The Morgan fingerprint density at radius 2 is 1.93 bits per heavy atom. The van der Waals surface area contributed by atoms with E-state index < -0.39 is 29.2 Å². The number of aromatic nitrogens is 3. The maximum absolute atomic E-state index is 12.8. The Balaban J connectivity index is 1.91. The summed E-state index contributed by atoms with van der Waals surface area (Å²) < 4.78 is 39.4. The van der Waals surface area contributed by atoms with Gasteiger partial charge in [0.1, 0.15) is 11.6 Å². The zero-order valence-electron chi connectivity index (χ0n) is 13.8. The summed E-state index contributed by atoms with van der Waals surface area (Å²) in [5, 5.41) is 10.1. The number of benzene rings is 2. The summed E-state index contributed by atoms with van der Waals surface area (Å²) in [7, 11) is 0. The van der Waals surface area contributed by atoms with Gasteiger partial charge < -0.3 is 5.32 Å². The van der Waals surface area contributed by atoms with Crippen LogP contribution in [0.2, 0.25) is 5.02 Å². The molecular formula is C17H12ClF3N4O2. The number of carbonyl (C=O) groups excluding carboxylic acids is 1. The first-order valence-corrected chi connectivity index (χ1v) is 8.08. The fourth-order valence-corrected chi connectivity index (χ4v) is 2.57. The summed E-state index contributed by atoms with van der Waals surface area (Å²) in [6.07, 6.45) is -4.59. The van der Waals surface area contributed by atoms with Gasteiger partial charge in [0.2, 0.25) is 5.91 Å². The van der Waals surface area contributed by atoms with Gasteiger partial charge in [0.15, 0.2) is 0 Å². The molecule has 1 heterocycles. The number of anilines is 1. The highest BCUT2D eigenvalue weighted by Crippen LogP contribution is 2.34. The third-order valence-corrected chi connectivity index (χ3v) is 4.22. The van der Waals surface area contributed by atoms with Gasteiger partial charge in [-0.05, 0) is 37.3 Å². The summed E-state index contributed by atoms with van der Waals surface area (Å²) in [4.78, 5) is 24.9. The number of nitrogens with one attached hydrogen (secondary N) is 1. The quantitative estimate of drug-likeness (QED) is 0.733. The van der Waals surface area contributed by atoms with E-state index in [-0.39, 0.29) is 16.1 Å². The Morgan fingerprint density at radius 1 is 1.22 bits per heavy atom. The van der Waals surface area contributed by atoms with E-state index in [1.807, 2.05) is 0 Å². The molecule has 1 N–H and O–H groups in total. The largest absolute Gasteiger partial charge is 0.416 e. The molecule has 140 valence electrons. The van der Waals surface area contributed by atoms with Crippen molar-refractivity contribution >= 4 is 34.1 Å². The maximum atomic E-state index is 12.8. The molecule has 0 saturated heterocycles. The number of rotatable bonds is 3. The average molecular weight is 397 g/mol. The second kappa shape index (κ2) is 6.99. The molecule has 2 aromatic carbocycles. The molecule has 3 rings (SSSR count). The Labute approximate surface area is 155 Å². The first-order valence-electron chi connectivity index (χ1n) is 7.70. The number of amides is 1. The topological polar surface area (TPSA) is 76.9 Å². The molecule has 0 fully saturated rings. The fraction of sp³-hybridized carbons (Fsp3) is 0.176. The molecular weight excluding hydrogens is 385 g/mol. The highest BCUT2D eigenvalue weighted by molar-refractivity contribution is 6.33. The molecule has 1 unspecified atom stereocenters. The van der Waals surface area contributed by atoms with Crippen LogP contribution in [-0.2, 0) is 11.0 Å². The molecule has 0 aliphatic rings. The first kappa shape index (κ1) is 18.8. The van der Waals surface area contributed by atoms with E-state index in [2.05, 4.69) is 15.6 Å². The van der Waals surface area contributed by atoms with Crippen LogP contribution in [0.1, 0.15) is 18.5 Å². The predicted octanol–water partition coefficient (Wildman–Crippen LogP) is 3.66. The molecule has 0 bridgehead atoms. The molecule has 3 aromatic rings. The molecule has 10 heteroatoms. The van der Waals surface area contributed by atoms with Crippen LogP contribution < -0.4 is 10.9 Å². The minimum absolute atomic E-state index is 0.0690. The number of hydrogen-bond donors (Lipinski definition) is 1. The van der Waals surface area contributed by atoms with Crippen LogP contribution in [0.3, 0.4) is 0 Å². The third kappa shape index (κ3) is 3.77. The lowest BCUT2D eigenvalue weighted by Crippen LogP contribution is -2.34. The second-order valence-electron chi connectivity index (χ2n) is 5.71. The van der Waals surface area contributed by atoms with Gasteiger partial charge in [-0.15, -0.1) is 5.10 Å². The standard InChI is InChI=1S/C17H12ClF3N4O2/c1-9(25-16(27)11-4-2-3-5-13(11)23-24-25)15(26)22-14-8-10(17(19,20)21)6-7-12(14)18/h2-9H,1H3,(H,22,26). The molecule has 1 aromatic heterocycles. The van der Waals surface area contributed by atoms with E-state index in [1.54, 1.807) is 18.2 Å². The van der Waals surface area contributed by atoms with Gasteiger partial charge in [0, 0.05) is 0 Å². The number of fused-ring (bicyclic) bond motifs is 1. The average Bonchev–Trinajstić information content (AvgIpc) is 2.62. The Bertz CT molecular complexity index is 1080. The Hall–Kier alpha value is -2.94. The molecule has 27 heavy (non-hydrogen) atoms. The van der Waals surface area contributed by atoms with Crippen LogP contribution in [-0.4, -0.2) is 20.9 Å². The maximum Gasteiger partial charge on any atom is 0.416 e. The highest BCUT2D eigenvalue weighted by Gasteiger charge is 2.31. The minimum atomic E-state index is -4.59. The van der Waals surface area contributed by atoms with Gasteiger partial charge in [-0.25, -0.2) is 0 Å². The lowest BCUT2D eigenvalue weighted by molar-refractivity contribution is -0.137. The number of nitrogens with zero attached hydrogens (tertiary/aromatic N) is 3. The first-order chi connectivity index (χ1) is 12.7. The summed E-state index contributed by atoms with van der Waals surface area (Å²) >= 11 is 5.87. The molecule has 0 radical (unpaired) electrons. The molecule has 0 aliphatic heterocycles. The van der Waals surface area contributed by atoms with Crippen molar-refractivity contribution < 1.29 is 18.0 Å². The van der Waals surface area contributed by atoms with Crippen LogP contribution >= 0.6 is 11.6 Å². The summed E-state index contributed by atoms with van der Waals surface area (Å²) in [6, 6.07) is 7.91. The van der Waals surface area contributed by atoms with Gasteiger partial charge in [0.05, 0.1) is 21.7 Å². The SMILES string of the molecule is CC(C(=O)Nc1cc(C(F)(F)F)ccc1Cl)n1nnc2ccccc2c1=O. The van der Waals surface area contributed by atoms with Crippen molar-refractivity contribution in [3.63, 3.8) is 0 Å². The zero-order valence-corrected chi connectivity index (χ0v) is 14.5. The van der Waals surface area contributed by atoms with Crippen molar-refractivity contribution in [1.82, 2.24) is 15.0 Å². The lowest BCUT2D eigenvalue weighted by Gasteiger charge is -2.15. The second-order valence-corrected chi connectivity index (χ2v) is 6.12. The van der Waals surface area contributed by atoms with E-state index >= 15 is 0 Å². The fourth-order valence-electron chi connectivity index (χ4n) is 2.40. The normalized spacial score (nSPS) is 12.8. The molecule has 0 saturated carbocycles. The van der Waals surface area contributed by atoms with Crippen LogP contribution in [0, 0.1) is 0 Å². The number of halogens is 4. The van der Waals surface area contributed by atoms with E-state index in [0.717, 1.165) is 22.9 Å². The van der Waals surface area contributed by atoms with Crippen molar-refractivity contribution in [3.05, 3.63) is 63.4 Å². The van der Waals surface area contributed by atoms with E-state index in [9.17, 15) is 22.8 Å². The van der Waals surface area contributed by atoms with Crippen LogP contribution in [0.5, 0.6) is 0 Å². The Kier molecular flexibility index (Phi) is 4.88. The monoisotopic (exact) mass is 396 g/mol. The molecule has 0 aliphatic carbocycles. The highest BCUT2D eigenvalue weighted by atomic mass is 35.5. The smallest absolute Gasteiger partial charge is 0.323 e. The van der Waals surface area contributed by atoms with Gasteiger partial charge in [-0.2, -0.15) is 17.9 Å². The van der Waals surface area contributed by atoms with Crippen molar-refractivity contribution in [2.75, 3.05) is 5.32 Å². The van der Waals surface area contributed by atoms with Crippen molar-refractivity contribution in [1.29, 1.82) is 0 Å². The van der Waals surface area contributed by atoms with Gasteiger partial charge in [-0.3, -0.25) is 9.59 Å². The molecule has 0 spiro atoms. The lowest BCUT2D eigenvalue weighted by atomic mass is 10.2. The number of alkyl halides is 3. The van der Waals surface area contributed by atoms with Crippen LogP contribution in [0.4, 0.5) is 18.9 Å². The summed E-state index contributed by atoms with van der Waals surface area (Å²) in [5.41, 5.74) is -1.35. The van der Waals surface area contributed by atoms with Gasteiger partial charge >= 0.3 is 6.18 Å². The summed E-state index contributed by atoms with van der Waals surface area (Å²) in [5.74, 6) is -0.761. The van der Waals surface area contributed by atoms with Gasteiger partial charge in [-0.1, -0.05) is 28.9 Å². The van der Waals surface area contributed by atoms with E-state index in [0.29, 0.717) is 5.52 Å². The minimum Gasteiger partial charge on any atom is -0.323 e. The van der Waals surface area contributed by atoms with E-state index in [4.69, 9.17) is 11.6 Å². The van der Waals surface area contributed by atoms with Crippen molar-refractivity contribution in [2.24, 2.45) is 0 Å². The molecule has 6 nitrogen and oxygen atoms in total. The third-order valence-electron chi connectivity index (χ3n) is 3.89. The number of carbonyl (C=O) groups is 1.